The number of aryl methyl sites for hydroxylation is 1. The molecule has 0 aliphatic carbocycles. The lowest BCUT2D eigenvalue weighted by Crippen LogP contribution is -2.25. The zero-order valence-corrected chi connectivity index (χ0v) is 15.9. The molecule has 0 radical (unpaired) electrons. The summed E-state index contributed by atoms with van der Waals surface area (Å²) in [5, 5.41) is 11.7. The molecule has 2 aliphatic rings. The van der Waals surface area contributed by atoms with Crippen LogP contribution in [0.2, 0.25) is 0 Å². The molecule has 0 amide bonds. The Morgan fingerprint density at radius 2 is 1.68 bits per heavy atom. The molecular weight excluding hydrogens is 348 g/mol. The maximum Gasteiger partial charge on any atom is 0.249 e. The van der Waals surface area contributed by atoms with E-state index < -0.39 is 0 Å². The number of anilines is 5. The second-order valence-electron chi connectivity index (χ2n) is 7.39. The summed E-state index contributed by atoms with van der Waals surface area (Å²) in [6.45, 7) is 3.25. The summed E-state index contributed by atoms with van der Waals surface area (Å²) >= 11 is 0. The fourth-order valence-corrected chi connectivity index (χ4v) is 4.11. The summed E-state index contributed by atoms with van der Waals surface area (Å²) in [4.78, 5) is 9.38. The molecule has 142 valence electrons. The van der Waals surface area contributed by atoms with Crippen LogP contribution in [0.15, 0.2) is 54.7 Å². The molecule has 1 N–H and O–H groups in total. The minimum Gasteiger partial charge on any atom is -0.372 e. The molecule has 6 heteroatoms. The predicted molar refractivity (Wildman–Crippen MR) is 113 cm³/mol. The van der Waals surface area contributed by atoms with Gasteiger partial charge in [-0.3, -0.25) is 0 Å². The fraction of sp³-hybridized carbons (Fsp3) is 0.318. The Morgan fingerprint density at radius 3 is 2.54 bits per heavy atom. The van der Waals surface area contributed by atoms with Gasteiger partial charge >= 0.3 is 0 Å². The highest BCUT2D eigenvalue weighted by atomic mass is 15.3. The van der Waals surface area contributed by atoms with Crippen LogP contribution >= 0.6 is 0 Å². The number of hydrogen-bond donors (Lipinski definition) is 1. The third-order valence-electron chi connectivity index (χ3n) is 5.53. The summed E-state index contributed by atoms with van der Waals surface area (Å²) < 4.78 is 0. The van der Waals surface area contributed by atoms with Crippen molar-refractivity contribution < 1.29 is 0 Å². The summed E-state index contributed by atoms with van der Waals surface area (Å²) in [6.07, 6.45) is 6.53. The molecule has 2 aliphatic heterocycles. The van der Waals surface area contributed by atoms with Gasteiger partial charge in [0.05, 0.1) is 6.20 Å². The number of nitrogens with one attached hydrogen (secondary N) is 1. The van der Waals surface area contributed by atoms with Crippen molar-refractivity contribution in [2.75, 3.05) is 34.8 Å². The highest BCUT2D eigenvalue weighted by Crippen LogP contribution is 2.32. The predicted octanol–water partition coefficient (Wildman–Crippen LogP) is 4.30. The molecule has 0 atom stereocenters. The van der Waals surface area contributed by atoms with Crippen LogP contribution in [0.1, 0.15) is 24.8 Å². The molecule has 0 bridgehead atoms. The first-order chi connectivity index (χ1) is 13.9. The van der Waals surface area contributed by atoms with E-state index in [-0.39, 0.29) is 0 Å². The van der Waals surface area contributed by atoms with Crippen LogP contribution in [0.4, 0.5) is 28.8 Å². The third-order valence-corrected chi connectivity index (χ3v) is 5.53. The van der Waals surface area contributed by atoms with Gasteiger partial charge in [-0.25, -0.2) is 0 Å². The molecule has 0 spiro atoms. The van der Waals surface area contributed by atoms with Crippen molar-refractivity contribution in [3.8, 4) is 0 Å². The standard InChI is InChI=1S/C22H24N6/c1-2-8-20-17(6-1)7-5-15-28(20)21-16-23-26-22(25-21)24-18-9-11-19(12-10-18)27-13-3-4-14-27/h1-2,6,8-12,16H,3-5,7,13-15H2,(H,24,25,26). The van der Waals surface area contributed by atoms with Crippen molar-refractivity contribution in [1.29, 1.82) is 0 Å². The van der Waals surface area contributed by atoms with Gasteiger partial charge in [0.1, 0.15) is 0 Å². The topological polar surface area (TPSA) is 57.2 Å². The third kappa shape index (κ3) is 3.38. The van der Waals surface area contributed by atoms with Crippen LogP contribution in [-0.2, 0) is 6.42 Å². The molecule has 5 rings (SSSR count). The Hall–Kier alpha value is -3.15. The van der Waals surface area contributed by atoms with Gasteiger partial charge in [0.2, 0.25) is 5.95 Å². The summed E-state index contributed by atoms with van der Waals surface area (Å²) in [7, 11) is 0. The Kier molecular flexibility index (Phi) is 4.53. The van der Waals surface area contributed by atoms with Gasteiger partial charge in [-0.1, -0.05) is 18.2 Å². The second-order valence-corrected chi connectivity index (χ2v) is 7.39. The zero-order valence-electron chi connectivity index (χ0n) is 15.9. The highest BCUT2D eigenvalue weighted by molar-refractivity contribution is 5.66. The normalized spacial score (nSPS) is 16.1. The van der Waals surface area contributed by atoms with E-state index in [4.69, 9.17) is 4.98 Å². The van der Waals surface area contributed by atoms with E-state index in [0.29, 0.717) is 5.95 Å². The van der Waals surface area contributed by atoms with Crippen LogP contribution in [0.5, 0.6) is 0 Å². The van der Waals surface area contributed by atoms with Crippen LogP contribution in [0.25, 0.3) is 0 Å². The molecular formula is C22H24N6. The summed E-state index contributed by atoms with van der Waals surface area (Å²) in [6, 6.07) is 17.0. The highest BCUT2D eigenvalue weighted by Gasteiger charge is 2.19. The van der Waals surface area contributed by atoms with Gasteiger partial charge in [0.25, 0.3) is 0 Å². The summed E-state index contributed by atoms with van der Waals surface area (Å²) in [5.41, 5.74) is 4.83. The molecule has 1 aromatic heterocycles. The van der Waals surface area contributed by atoms with Crippen molar-refractivity contribution in [3.63, 3.8) is 0 Å². The van der Waals surface area contributed by atoms with E-state index in [1.807, 2.05) is 0 Å². The molecule has 1 fully saturated rings. The van der Waals surface area contributed by atoms with E-state index in [9.17, 15) is 0 Å². The lowest BCUT2D eigenvalue weighted by atomic mass is 10.0. The first kappa shape index (κ1) is 17.0. The Bertz CT molecular complexity index is 949. The molecule has 1 saturated heterocycles. The molecule has 28 heavy (non-hydrogen) atoms. The van der Waals surface area contributed by atoms with Gasteiger partial charge < -0.3 is 15.1 Å². The van der Waals surface area contributed by atoms with Gasteiger partial charge in [0, 0.05) is 36.7 Å². The summed E-state index contributed by atoms with van der Waals surface area (Å²) in [5.74, 6) is 1.35. The van der Waals surface area contributed by atoms with E-state index in [1.165, 1.54) is 29.8 Å². The van der Waals surface area contributed by atoms with Gasteiger partial charge in [0.15, 0.2) is 5.82 Å². The number of aromatic nitrogens is 3. The fourth-order valence-electron chi connectivity index (χ4n) is 4.11. The first-order valence-electron chi connectivity index (χ1n) is 10.0. The van der Waals surface area contributed by atoms with Crippen LogP contribution in [0.3, 0.4) is 0 Å². The van der Waals surface area contributed by atoms with Gasteiger partial charge in [-0.15, -0.1) is 5.10 Å². The molecule has 2 aromatic carbocycles. The van der Waals surface area contributed by atoms with Crippen LogP contribution < -0.4 is 15.1 Å². The smallest absolute Gasteiger partial charge is 0.249 e. The van der Waals surface area contributed by atoms with Crippen molar-refractivity contribution >= 4 is 28.8 Å². The lowest BCUT2D eigenvalue weighted by Gasteiger charge is -2.30. The number of fused-ring (bicyclic) bond motifs is 1. The van der Waals surface area contributed by atoms with Crippen molar-refractivity contribution in [3.05, 3.63) is 60.3 Å². The minimum atomic E-state index is 0.523. The molecule has 0 saturated carbocycles. The van der Waals surface area contributed by atoms with Crippen molar-refractivity contribution in [1.82, 2.24) is 15.2 Å². The van der Waals surface area contributed by atoms with E-state index >= 15 is 0 Å². The average molecular weight is 372 g/mol. The SMILES string of the molecule is c1ccc2c(c1)CCCN2c1cnnc(Nc2ccc(N3CCCC3)cc2)n1. The zero-order chi connectivity index (χ0) is 18.8. The molecule has 3 aromatic rings. The number of rotatable bonds is 4. The minimum absolute atomic E-state index is 0.523. The largest absolute Gasteiger partial charge is 0.372 e. The Morgan fingerprint density at radius 1 is 0.857 bits per heavy atom. The van der Waals surface area contributed by atoms with E-state index in [1.54, 1.807) is 6.20 Å². The maximum absolute atomic E-state index is 4.72. The molecule has 6 nitrogen and oxygen atoms in total. The average Bonchev–Trinajstić information content (AvgIpc) is 3.29. The number of benzene rings is 2. The quantitative estimate of drug-likeness (QED) is 0.737. The van der Waals surface area contributed by atoms with E-state index in [0.717, 1.165) is 44.0 Å². The van der Waals surface area contributed by atoms with Gasteiger partial charge in [-0.2, -0.15) is 10.1 Å². The molecule has 3 heterocycles. The van der Waals surface area contributed by atoms with E-state index in [2.05, 4.69) is 73.8 Å². The number of para-hydroxylation sites is 1. The molecule has 0 unspecified atom stereocenters. The number of nitrogens with zero attached hydrogens (tertiary/aromatic N) is 5. The Labute approximate surface area is 165 Å². The monoisotopic (exact) mass is 372 g/mol. The number of hydrogen-bond acceptors (Lipinski definition) is 6. The van der Waals surface area contributed by atoms with Crippen molar-refractivity contribution in [2.24, 2.45) is 0 Å². The van der Waals surface area contributed by atoms with Crippen LogP contribution in [0, 0.1) is 0 Å². The first-order valence-corrected chi connectivity index (χ1v) is 10.0. The lowest BCUT2D eigenvalue weighted by molar-refractivity contribution is 0.754. The van der Waals surface area contributed by atoms with Crippen molar-refractivity contribution in [2.45, 2.75) is 25.7 Å². The van der Waals surface area contributed by atoms with Gasteiger partial charge in [-0.05, 0) is 61.6 Å². The van der Waals surface area contributed by atoms with Crippen LogP contribution in [-0.4, -0.2) is 34.8 Å². The second kappa shape index (κ2) is 7.46. The maximum atomic E-state index is 4.72. The Balaban J connectivity index is 1.35.